The van der Waals surface area contributed by atoms with Gasteiger partial charge < -0.3 is 10.1 Å². The van der Waals surface area contributed by atoms with Gasteiger partial charge in [-0.1, -0.05) is 11.8 Å². The van der Waals surface area contributed by atoms with Crippen molar-refractivity contribution in [3.05, 3.63) is 32.8 Å². The van der Waals surface area contributed by atoms with Gasteiger partial charge in [0.2, 0.25) is 5.91 Å². The molecule has 1 aliphatic rings. The topological polar surface area (TPSA) is 86.1 Å². The zero-order valence-electron chi connectivity index (χ0n) is 17.6. The Labute approximate surface area is 193 Å². The van der Waals surface area contributed by atoms with Crippen molar-refractivity contribution in [1.82, 2.24) is 14.8 Å². The van der Waals surface area contributed by atoms with Crippen LogP contribution in [0.25, 0.3) is 11.4 Å². The van der Waals surface area contributed by atoms with Gasteiger partial charge >= 0.3 is 5.97 Å². The summed E-state index contributed by atoms with van der Waals surface area (Å²) in [6.07, 6.45) is 4.70. The number of amides is 1. The molecule has 0 saturated carbocycles. The highest BCUT2D eigenvalue weighted by Gasteiger charge is 2.24. The summed E-state index contributed by atoms with van der Waals surface area (Å²) in [5.41, 5.74) is 2.95. The Balaban J connectivity index is 1.50. The van der Waals surface area contributed by atoms with Crippen molar-refractivity contribution in [2.24, 2.45) is 0 Å². The third-order valence-corrected chi connectivity index (χ3v) is 8.00. The molecule has 164 valence electrons. The fourth-order valence-electron chi connectivity index (χ4n) is 3.68. The molecule has 0 aromatic carbocycles. The lowest BCUT2D eigenvalue weighted by Crippen LogP contribution is -2.16. The van der Waals surface area contributed by atoms with Crippen LogP contribution >= 0.6 is 34.4 Å². The van der Waals surface area contributed by atoms with Crippen LogP contribution in [-0.4, -0.2) is 39.5 Å². The number of thioether (sulfide) groups is 1. The molecule has 0 spiro atoms. The zero-order valence-corrected chi connectivity index (χ0v) is 20.1. The maximum Gasteiger partial charge on any atom is 0.340 e. The second-order valence-electron chi connectivity index (χ2n) is 7.52. The largest absolute Gasteiger partial charge is 0.465 e. The molecular formula is C21H24N4O3S3. The number of anilines is 1. The van der Waals surface area contributed by atoms with E-state index in [0.29, 0.717) is 10.6 Å². The number of carbonyl (C=O) groups is 2. The summed E-state index contributed by atoms with van der Waals surface area (Å²) in [4.78, 5) is 25.8. The van der Waals surface area contributed by atoms with E-state index < -0.39 is 5.97 Å². The average Bonchev–Trinajstić information content (AvgIpc) is 3.49. The first-order chi connectivity index (χ1) is 15.0. The molecule has 0 fully saturated rings. The number of hydrogen-bond acceptors (Lipinski definition) is 8. The fraction of sp³-hybridized carbons (Fsp3) is 0.429. The molecule has 0 atom stereocenters. The molecule has 3 heterocycles. The van der Waals surface area contributed by atoms with Crippen LogP contribution in [0.5, 0.6) is 0 Å². The molecule has 0 saturated heterocycles. The van der Waals surface area contributed by atoms with E-state index >= 15 is 0 Å². The van der Waals surface area contributed by atoms with Crippen molar-refractivity contribution in [3.63, 3.8) is 0 Å². The highest BCUT2D eigenvalue weighted by atomic mass is 32.2. The molecule has 1 N–H and O–H groups in total. The summed E-state index contributed by atoms with van der Waals surface area (Å²) in [5.74, 6) is 0.381. The standard InChI is InChI=1S/C21H24N4O3S3/c1-12(2)25-18(15-10-30-16-7-5-4-6-13(15)16)23-24-21(25)31-11-17(26)22-19-14(8-9-29-19)20(27)28-3/h8-10,12H,4-7,11H2,1-3H3,(H,22,26). The van der Waals surface area contributed by atoms with Gasteiger partial charge in [0, 0.05) is 21.9 Å². The third kappa shape index (κ3) is 4.56. The molecule has 3 aromatic heterocycles. The average molecular weight is 477 g/mol. The summed E-state index contributed by atoms with van der Waals surface area (Å²) >= 11 is 4.46. The molecule has 0 aliphatic heterocycles. The first-order valence-corrected chi connectivity index (χ1v) is 12.9. The number of fused-ring (bicyclic) bond motifs is 1. The number of esters is 1. The number of carbonyl (C=O) groups excluding carboxylic acids is 2. The van der Waals surface area contributed by atoms with Crippen molar-refractivity contribution in [1.29, 1.82) is 0 Å². The zero-order chi connectivity index (χ0) is 22.0. The van der Waals surface area contributed by atoms with E-state index in [4.69, 9.17) is 4.74 Å². The van der Waals surface area contributed by atoms with Crippen LogP contribution in [-0.2, 0) is 22.4 Å². The molecule has 1 aliphatic carbocycles. The molecule has 1 amide bonds. The van der Waals surface area contributed by atoms with Crippen LogP contribution in [0.3, 0.4) is 0 Å². The Morgan fingerprint density at radius 3 is 2.84 bits per heavy atom. The van der Waals surface area contributed by atoms with Crippen molar-refractivity contribution >= 4 is 51.3 Å². The van der Waals surface area contributed by atoms with Crippen molar-refractivity contribution in [2.45, 2.75) is 50.7 Å². The second-order valence-corrected chi connectivity index (χ2v) is 10.3. The number of rotatable bonds is 7. The third-order valence-electron chi connectivity index (χ3n) is 5.14. The number of nitrogens with one attached hydrogen (secondary N) is 1. The summed E-state index contributed by atoms with van der Waals surface area (Å²) in [5, 5.41) is 16.9. The number of nitrogens with zero attached hydrogens (tertiary/aromatic N) is 3. The molecule has 0 radical (unpaired) electrons. The van der Waals surface area contributed by atoms with Gasteiger partial charge in [0.15, 0.2) is 11.0 Å². The van der Waals surface area contributed by atoms with Gasteiger partial charge in [-0.25, -0.2) is 4.79 Å². The van der Waals surface area contributed by atoms with Gasteiger partial charge in [-0.2, -0.15) is 0 Å². The maximum atomic E-state index is 12.5. The summed E-state index contributed by atoms with van der Waals surface area (Å²) in [7, 11) is 1.32. The van der Waals surface area contributed by atoms with E-state index in [0.717, 1.165) is 23.8 Å². The van der Waals surface area contributed by atoms with Gasteiger partial charge in [0.1, 0.15) is 5.00 Å². The van der Waals surface area contributed by atoms with E-state index in [2.05, 4.69) is 39.3 Å². The predicted octanol–water partition coefficient (Wildman–Crippen LogP) is 5.05. The van der Waals surface area contributed by atoms with E-state index in [1.54, 1.807) is 11.4 Å². The number of methoxy groups -OCH3 is 1. The van der Waals surface area contributed by atoms with Crippen molar-refractivity contribution in [3.8, 4) is 11.4 Å². The number of aromatic nitrogens is 3. The quantitative estimate of drug-likeness (QED) is 0.380. The summed E-state index contributed by atoms with van der Waals surface area (Å²) < 4.78 is 6.87. The number of thiophene rings is 2. The van der Waals surface area contributed by atoms with Gasteiger partial charge in [-0.05, 0) is 56.5 Å². The molecule has 3 aromatic rings. The van der Waals surface area contributed by atoms with Crippen LogP contribution in [0.1, 0.15) is 53.5 Å². The lowest BCUT2D eigenvalue weighted by atomic mass is 9.95. The van der Waals surface area contributed by atoms with E-state index in [1.807, 2.05) is 11.3 Å². The smallest absolute Gasteiger partial charge is 0.340 e. The molecule has 4 rings (SSSR count). The van der Waals surface area contributed by atoms with E-state index in [-0.39, 0.29) is 17.7 Å². The fourth-order valence-corrected chi connectivity index (χ4v) is 6.46. The lowest BCUT2D eigenvalue weighted by molar-refractivity contribution is -0.113. The Kier molecular flexibility index (Phi) is 6.78. The maximum absolute atomic E-state index is 12.5. The van der Waals surface area contributed by atoms with Crippen LogP contribution in [0.4, 0.5) is 5.00 Å². The normalized spacial score (nSPS) is 13.3. The lowest BCUT2D eigenvalue weighted by Gasteiger charge is -2.16. The van der Waals surface area contributed by atoms with Crippen LogP contribution in [0.15, 0.2) is 22.0 Å². The number of hydrogen-bond donors (Lipinski definition) is 1. The van der Waals surface area contributed by atoms with Crippen LogP contribution < -0.4 is 5.32 Å². The molecule has 0 bridgehead atoms. The Hall–Kier alpha value is -2.17. The monoisotopic (exact) mass is 476 g/mol. The van der Waals surface area contributed by atoms with E-state index in [9.17, 15) is 9.59 Å². The molecule has 7 nitrogen and oxygen atoms in total. The van der Waals surface area contributed by atoms with Crippen molar-refractivity contribution in [2.75, 3.05) is 18.2 Å². The van der Waals surface area contributed by atoms with Gasteiger partial charge in [0.25, 0.3) is 0 Å². The Morgan fingerprint density at radius 1 is 1.26 bits per heavy atom. The second kappa shape index (κ2) is 9.54. The molecular weight excluding hydrogens is 452 g/mol. The first kappa shape index (κ1) is 22.0. The minimum atomic E-state index is -0.465. The minimum Gasteiger partial charge on any atom is -0.465 e. The van der Waals surface area contributed by atoms with E-state index in [1.165, 1.54) is 59.1 Å². The SMILES string of the molecule is COC(=O)c1ccsc1NC(=O)CSc1nnc(-c2csc3c2CCCC3)n1C(C)C. The highest BCUT2D eigenvalue weighted by Crippen LogP contribution is 2.38. The molecule has 10 heteroatoms. The Morgan fingerprint density at radius 2 is 2.06 bits per heavy atom. The minimum absolute atomic E-state index is 0.165. The van der Waals surface area contributed by atoms with Crippen LogP contribution in [0.2, 0.25) is 0 Å². The summed E-state index contributed by atoms with van der Waals surface area (Å²) in [6, 6.07) is 1.81. The molecule has 31 heavy (non-hydrogen) atoms. The number of ether oxygens (including phenoxy) is 1. The van der Waals surface area contributed by atoms with Crippen molar-refractivity contribution < 1.29 is 14.3 Å². The summed E-state index contributed by atoms with van der Waals surface area (Å²) in [6.45, 7) is 4.20. The van der Waals surface area contributed by atoms with Gasteiger partial charge in [-0.3, -0.25) is 9.36 Å². The van der Waals surface area contributed by atoms with Crippen LogP contribution in [0, 0.1) is 0 Å². The number of aryl methyl sites for hydroxylation is 1. The first-order valence-electron chi connectivity index (χ1n) is 10.1. The molecule has 0 unspecified atom stereocenters. The van der Waals surface area contributed by atoms with Gasteiger partial charge in [0.05, 0.1) is 18.4 Å². The predicted molar refractivity (Wildman–Crippen MR) is 125 cm³/mol. The van der Waals surface area contributed by atoms with Gasteiger partial charge in [-0.15, -0.1) is 32.9 Å². The Bertz CT molecular complexity index is 1100. The highest BCUT2D eigenvalue weighted by molar-refractivity contribution is 7.99.